The highest BCUT2D eigenvalue weighted by Gasteiger charge is 2.27. The average molecular weight is 302 g/mol. The standard InChI is InChI=1S/C16H18N2O2S/c1-11-14(15(19)20-2)17-16(21-11)18-9-8-13(10-18)12-6-4-3-5-7-12/h3-7,13H,8-10H2,1-2H3. The molecule has 1 fully saturated rings. The van der Waals surface area contributed by atoms with Crippen LogP contribution in [0.2, 0.25) is 0 Å². The van der Waals surface area contributed by atoms with Crippen molar-refractivity contribution in [1.29, 1.82) is 0 Å². The number of aromatic nitrogens is 1. The first kappa shape index (κ1) is 14.1. The minimum Gasteiger partial charge on any atom is -0.464 e. The molecule has 1 aliphatic rings. The van der Waals surface area contributed by atoms with E-state index < -0.39 is 0 Å². The molecular formula is C16H18N2O2S. The lowest BCUT2D eigenvalue weighted by atomic mass is 9.99. The molecule has 0 amide bonds. The van der Waals surface area contributed by atoms with Crippen LogP contribution in [-0.2, 0) is 4.74 Å². The lowest BCUT2D eigenvalue weighted by Gasteiger charge is -2.15. The molecule has 1 aromatic carbocycles. The summed E-state index contributed by atoms with van der Waals surface area (Å²) in [5.74, 6) is 0.186. The fourth-order valence-corrected chi connectivity index (χ4v) is 3.67. The summed E-state index contributed by atoms with van der Waals surface area (Å²) in [5, 5.41) is 0.923. The minimum absolute atomic E-state index is 0.353. The van der Waals surface area contributed by atoms with Crippen LogP contribution >= 0.6 is 11.3 Å². The van der Waals surface area contributed by atoms with Crippen LogP contribution in [0.4, 0.5) is 5.13 Å². The Balaban J connectivity index is 1.76. The molecule has 1 saturated heterocycles. The zero-order valence-corrected chi connectivity index (χ0v) is 13.0. The van der Waals surface area contributed by atoms with E-state index in [1.54, 1.807) is 11.3 Å². The van der Waals surface area contributed by atoms with Gasteiger partial charge in [0.05, 0.1) is 7.11 Å². The van der Waals surface area contributed by atoms with Crippen LogP contribution in [0.5, 0.6) is 0 Å². The topological polar surface area (TPSA) is 42.4 Å². The Morgan fingerprint density at radius 2 is 2.14 bits per heavy atom. The number of aryl methyl sites for hydroxylation is 1. The first-order chi connectivity index (χ1) is 10.2. The van der Waals surface area contributed by atoms with E-state index in [0.29, 0.717) is 11.6 Å². The molecule has 2 heterocycles. The van der Waals surface area contributed by atoms with Gasteiger partial charge >= 0.3 is 5.97 Å². The second-order valence-electron chi connectivity index (χ2n) is 5.24. The molecule has 2 aromatic rings. The minimum atomic E-state index is -0.353. The Bertz CT molecular complexity index is 639. The normalized spacial score (nSPS) is 18.0. The van der Waals surface area contributed by atoms with Crippen LogP contribution in [0.1, 0.15) is 33.3 Å². The first-order valence-corrected chi connectivity index (χ1v) is 7.86. The molecule has 1 unspecified atom stereocenters. The monoisotopic (exact) mass is 302 g/mol. The second-order valence-corrected chi connectivity index (χ2v) is 6.42. The molecule has 4 nitrogen and oxygen atoms in total. The number of thiazole rings is 1. The summed E-state index contributed by atoms with van der Waals surface area (Å²) in [6.07, 6.45) is 1.12. The van der Waals surface area contributed by atoms with Gasteiger partial charge in [-0.2, -0.15) is 0 Å². The van der Waals surface area contributed by atoms with Gasteiger partial charge in [-0.1, -0.05) is 30.3 Å². The molecule has 110 valence electrons. The number of hydrogen-bond acceptors (Lipinski definition) is 5. The van der Waals surface area contributed by atoms with Crippen molar-refractivity contribution in [3.8, 4) is 0 Å². The third-order valence-electron chi connectivity index (χ3n) is 3.89. The first-order valence-electron chi connectivity index (χ1n) is 7.04. The van der Waals surface area contributed by atoms with Crippen molar-refractivity contribution in [2.45, 2.75) is 19.3 Å². The van der Waals surface area contributed by atoms with Gasteiger partial charge in [-0.3, -0.25) is 0 Å². The van der Waals surface area contributed by atoms with Gasteiger partial charge in [-0.05, 0) is 18.9 Å². The van der Waals surface area contributed by atoms with E-state index in [1.807, 2.05) is 13.0 Å². The highest BCUT2D eigenvalue weighted by Crippen LogP contribution is 2.34. The van der Waals surface area contributed by atoms with Gasteiger partial charge in [0, 0.05) is 23.9 Å². The molecule has 0 saturated carbocycles. The van der Waals surface area contributed by atoms with Gasteiger partial charge in [0.2, 0.25) is 0 Å². The van der Waals surface area contributed by atoms with Gasteiger partial charge < -0.3 is 9.64 Å². The van der Waals surface area contributed by atoms with E-state index in [0.717, 1.165) is 29.5 Å². The smallest absolute Gasteiger partial charge is 0.357 e. The average Bonchev–Trinajstić information content (AvgIpc) is 3.14. The molecule has 5 heteroatoms. The third-order valence-corrected chi connectivity index (χ3v) is 4.93. The maximum absolute atomic E-state index is 11.7. The van der Waals surface area contributed by atoms with Gasteiger partial charge in [0.15, 0.2) is 10.8 Å². The predicted octanol–water partition coefficient (Wildman–Crippen LogP) is 3.23. The van der Waals surface area contributed by atoms with Crippen molar-refractivity contribution in [1.82, 2.24) is 4.98 Å². The van der Waals surface area contributed by atoms with Crippen LogP contribution in [0, 0.1) is 6.92 Å². The molecule has 1 aliphatic heterocycles. The Morgan fingerprint density at radius 3 is 2.86 bits per heavy atom. The van der Waals surface area contributed by atoms with Crippen LogP contribution < -0.4 is 4.90 Å². The number of benzene rings is 1. The molecule has 0 aliphatic carbocycles. The summed E-state index contributed by atoms with van der Waals surface area (Å²) in [7, 11) is 1.39. The lowest BCUT2D eigenvalue weighted by Crippen LogP contribution is -2.19. The molecule has 3 rings (SSSR count). The van der Waals surface area contributed by atoms with Crippen LogP contribution in [0.3, 0.4) is 0 Å². The number of rotatable bonds is 3. The Hall–Kier alpha value is -1.88. The zero-order valence-electron chi connectivity index (χ0n) is 12.2. The van der Waals surface area contributed by atoms with Crippen molar-refractivity contribution in [2.75, 3.05) is 25.1 Å². The number of anilines is 1. The lowest BCUT2D eigenvalue weighted by molar-refractivity contribution is 0.0594. The maximum atomic E-state index is 11.7. The van der Waals surface area contributed by atoms with E-state index >= 15 is 0 Å². The molecule has 0 bridgehead atoms. The number of nitrogens with zero attached hydrogens (tertiary/aromatic N) is 2. The van der Waals surface area contributed by atoms with E-state index in [4.69, 9.17) is 4.74 Å². The molecule has 21 heavy (non-hydrogen) atoms. The van der Waals surface area contributed by atoms with E-state index in [1.165, 1.54) is 12.7 Å². The largest absolute Gasteiger partial charge is 0.464 e. The van der Waals surface area contributed by atoms with Crippen LogP contribution in [0.15, 0.2) is 30.3 Å². The van der Waals surface area contributed by atoms with Crippen molar-refractivity contribution in [2.24, 2.45) is 0 Å². The number of carbonyl (C=O) groups excluding carboxylic acids is 1. The number of ether oxygens (including phenoxy) is 1. The summed E-state index contributed by atoms with van der Waals surface area (Å²) >= 11 is 1.57. The number of carbonyl (C=O) groups is 1. The maximum Gasteiger partial charge on any atom is 0.357 e. The van der Waals surface area contributed by atoms with Crippen molar-refractivity contribution in [3.05, 3.63) is 46.5 Å². The van der Waals surface area contributed by atoms with Gasteiger partial charge in [-0.25, -0.2) is 9.78 Å². The van der Waals surface area contributed by atoms with Crippen LogP contribution in [-0.4, -0.2) is 31.2 Å². The van der Waals surface area contributed by atoms with E-state index in [9.17, 15) is 4.79 Å². The summed E-state index contributed by atoms with van der Waals surface area (Å²) in [6, 6.07) is 10.6. The molecule has 0 spiro atoms. The Kier molecular flexibility index (Phi) is 3.92. The molecule has 0 N–H and O–H groups in total. The third kappa shape index (κ3) is 2.78. The second kappa shape index (κ2) is 5.85. The van der Waals surface area contributed by atoms with Gasteiger partial charge in [0.25, 0.3) is 0 Å². The number of hydrogen-bond donors (Lipinski definition) is 0. The van der Waals surface area contributed by atoms with Crippen LogP contribution in [0.25, 0.3) is 0 Å². The molecule has 1 atom stereocenters. The fourth-order valence-electron chi connectivity index (χ4n) is 2.74. The Labute approximate surface area is 128 Å². The van der Waals surface area contributed by atoms with Gasteiger partial charge in [0.1, 0.15) is 0 Å². The fraction of sp³-hybridized carbons (Fsp3) is 0.375. The summed E-state index contributed by atoms with van der Waals surface area (Å²) in [5.41, 5.74) is 1.82. The molecule has 1 aromatic heterocycles. The highest BCUT2D eigenvalue weighted by molar-refractivity contribution is 7.15. The zero-order chi connectivity index (χ0) is 14.8. The predicted molar refractivity (Wildman–Crippen MR) is 84.2 cm³/mol. The molecule has 0 radical (unpaired) electrons. The summed E-state index contributed by atoms with van der Waals surface area (Å²) in [6.45, 7) is 3.85. The van der Waals surface area contributed by atoms with Crippen molar-refractivity contribution in [3.63, 3.8) is 0 Å². The highest BCUT2D eigenvalue weighted by atomic mass is 32.1. The van der Waals surface area contributed by atoms with Crippen molar-refractivity contribution >= 4 is 22.4 Å². The number of methoxy groups -OCH3 is 1. The quantitative estimate of drug-likeness (QED) is 0.816. The SMILES string of the molecule is COC(=O)c1nc(N2CCC(c3ccccc3)C2)sc1C. The number of esters is 1. The molecular weight excluding hydrogens is 284 g/mol. The van der Waals surface area contributed by atoms with E-state index in [-0.39, 0.29) is 5.97 Å². The summed E-state index contributed by atoms with van der Waals surface area (Å²) < 4.78 is 4.77. The Morgan fingerprint density at radius 1 is 1.38 bits per heavy atom. The van der Waals surface area contributed by atoms with Gasteiger partial charge in [-0.15, -0.1) is 11.3 Å². The summed E-state index contributed by atoms with van der Waals surface area (Å²) in [4.78, 5) is 19.3. The van der Waals surface area contributed by atoms with E-state index in [2.05, 4.69) is 34.1 Å². The van der Waals surface area contributed by atoms with Crippen molar-refractivity contribution < 1.29 is 9.53 Å².